The Hall–Kier alpha value is 0.310. The Bertz CT molecular complexity index is 45.3. The molecule has 0 N–H and O–H groups in total. The van der Waals surface area contributed by atoms with Crippen molar-refractivity contribution in [3.63, 3.8) is 0 Å². The maximum absolute atomic E-state index is 4.81. The zero-order chi connectivity index (χ0) is 5.86. The van der Waals surface area contributed by atoms with E-state index in [1.807, 2.05) is 14.1 Å². The largest absolute Gasteiger partial charge is 0.306 e. The van der Waals surface area contributed by atoms with E-state index < -0.39 is 0 Å². The summed E-state index contributed by atoms with van der Waals surface area (Å²) in [7, 11) is 4.08. The predicted molar refractivity (Wildman–Crippen MR) is 35.6 cm³/mol. The lowest BCUT2D eigenvalue weighted by molar-refractivity contribution is 0.340. The van der Waals surface area contributed by atoms with Gasteiger partial charge in [-0.2, -0.15) is 0 Å². The summed E-state index contributed by atoms with van der Waals surface area (Å²) < 4.78 is 0. The van der Waals surface area contributed by atoms with E-state index in [1.54, 1.807) is 0 Å². The van der Waals surface area contributed by atoms with E-state index in [0.29, 0.717) is 6.04 Å². The third-order valence-corrected chi connectivity index (χ3v) is 1.61. The molecule has 1 atom stereocenters. The molecule has 1 nitrogen and oxygen atoms in total. The van der Waals surface area contributed by atoms with Gasteiger partial charge in [0.2, 0.25) is 0 Å². The lowest BCUT2D eigenvalue weighted by Crippen LogP contribution is -2.25. The molecule has 0 bridgehead atoms. The molecule has 0 spiro atoms. The monoisotopic (exact) mass is 118 g/mol. The van der Waals surface area contributed by atoms with Gasteiger partial charge in [-0.3, -0.25) is 0 Å². The van der Waals surface area contributed by atoms with E-state index in [2.05, 4.69) is 11.8 Å². The summed E-state index contributed by atoms with van der Waals surface area (Å²) in [6.07, 6.45) is 0. The Morgan fingerprint density at radius 3 is 2.00 bits per heavy atom. The van der Waals surface area contributed by atoms with Gasteiger partial charge in [-0.15, -0.1) is 0 Å². The smallest absolute Gasteiger partial charge is 0.0190 e. The summed E-state index contributed by atoms with van der Waals surface area (Å²) in [5.41, 5.74) is 0. The lowest BCUT2D eigenvalue weighted by atomic mass is 10.4. The Morgan fingerprint density at radius 1 is 1.57 bits per heavy atom. The number of hydrogen-bond acceptors (Lipinski definition) is 1. The predicted octanol–water partition coefficient (Wildman–Crippen LogP) is 1.13. The Labute approximate surface area is 51.1 Å². The Kier molecular flexibility index (Phi) is 3.48. The molecule has 0 saturated heterocycles. The van der Waals surface area contributed by atoms with E-state index in [-0.39, 0.29) is 0 Å². The van der Waals surface area contributed by atoms with Crippen LogP contribution in [0, 0.1) is 0 Å². The second-order valence-corrected chi connectivity index (χ2v) is 2.31. The van der Waals surface area contributed by atoms with Gasteiger partial charge in [0.05, 0.1) is 0 Å². The lowest BCUT2D eigenvalue weighted by Gasteiger charge is -2.15. The molecule has 1 unspecified atom stereocenters. The minimum atomic E-state index is 0.551. The minimum absolute atomic E-state index is 0.551. The number of nitrogens with zero attached hydrogens (tertiary/aromatic N) is 1. The SMILES string of the molecule is CC(C[S])N(C)C. The molecule has 0 fully saturated rings. The average Bonchev–Trinajstić information content (AvgIpc) is 1.65. The molecule has 0 heterocycles. The van der Waals surface area contributed by atoms with E-state index in [4.69, 9.17) is 12.6 Å². The molecule has 0 aromatic heterocycles. The molecule has 0 rings (SSSR count). The van der Waals surface area contributed by atoms with E-state index in [1.165, 1.54) is 0 Å². The van der Waals surface area contributed by atoms with Gasteiger partial charge in [-0.05, 0) is 21.0 Å². The molecule has 7 heavy (non-hydrogen) atoms. The molecule has 43 valence electrons. The van der Waals surface area contributed by atoms with Crippen LogP contribution in [0.5, 0.6) is 0 Å². The van der Waals surface area contributed by atoms with Crippen LogP contribution in [-0.4, -0.2) is 30.8 Å². The fourth-order valence-electron chi connectivity index (χ4n) is 0.149. The van der Waals surface area contributed by atoms with Crippen molar-refractivity contribution in [1.82, 2.24) is 4.90 Å². The highest BCUT2D eigenvalue weighted by Gasteiger charge is 1.98. The van der Waals surface area contributed by atoms with Crippen molar-refractivity contribution in [3.05, 3.63) is 0 Å². The van der Waals surface area contributed by atoms with E-state index in [0.717, 1.165) is 5.75 Å². The molecule has 1 radical (unpaired) electrons. The molecular formula is C5H12NS. The van der Waals surface area contributed by atoms with Gasteiger partial charge >= 0.3 is 0 Å². The standard InChI is InChI=1S/C5H12NS/c1-5(4-7)6(2)3/h5H,4H2,1-3H3. The second-order valence-electron chi connectivity index (χ2n) is 1.98. The first-order chi connectivity index (χ1) is 3.18. The summed E-state index contributed by atoms with van der Waals surface area (Å²) in [4.78, 5) is 2.12. The van der Waals surface area contributed by atoms with Crippen molar-refractivity contribution in [3.8, 4) is 0 Å². The first kappa shape index (κ1) is 7.31. The third-order valence-electron chi connectivity index (χ3n) is 1.12. The molecule has 0 aliphatic carbocycles. The first-order valence-electron chi connectivity index (χ1n) is 2.43. The summed E-state index contributed by atoms with van der Waals surface area (Å²) in [5.74, 6) is 0.826. The van der Waals surface area contributed by atoms with E-state index in [9.17, 15) is 0 Å². The van der Waals surface area contributed by atoms with Gasteiger partial charge in [-0.1, -0.05) is 12.6 Å². The fourth-order valence-corrected chi connectivity index (χ4v) is 0.447. The van der Waals surface area contributed by atoms with Crippen LogP contribution < -0.4 is 0 Å². The molecule has 2 heteroatoms. The normalized spacial score (nSPS) is 15.0. The van der Waals surface area contributed by atoms with Gasteiger partial charge in [0.1, 0.15) is 0 Å². The Balaban J connectivity index is 3.14. The molecule has 0 amide bonds. The average molecular weight is 118 g/mol. The number of hydrogen-bond donors (Lipinski definition) is 0. The van der Waals surface area contributed by atoms with Gasteiger partial charge in [-0.25, -0.2) is 0 Å². The Morgan fingerprint density at radius 2 is 2.00 bits per heavy atom. The molecule has 0 saturated carbocycles. The summed E-state index contributed by atoms with van der Waals surface area (Å²) in [5, 5.41) is 0. The van der Waals surface area contributed by atoms with Crippen molar-refractivity contribution >= 4 is 12.6 Å². The highest BCUT2D eigenvalue weighted by atomic mass is 32.1. The van der Waals surface area contributed by atoms with Gasteiger partial charge in [0.15, 0.2) is 0 Å². The van der Waals surface area contributed by atoms with Crippen LogP contribution in [0.25, 0.3) is 0 Å². The summed E-state index contributed by atoms with van der Waals surface area (Å²) in [6, 6.07) is 0.551. The zero-order valence-electron chi connectivity index (χ0n) is 5.14. The first-order valence-corrected chi connectivity index (χ1v) is 3.00. The van der Waals surface area contributed by atoms with Crippen LogP contribution in [0.3, 0.4) is 0 Å². The molecule has 0 aliphatic rings. The third kappa shape index (κ3) is 2.94. The van der Waals surface area contributed by atoms with Crippen LogP contribution in [0.15, 0.2) is 0 Å². The van der Waals surface area contributed by atoms with Crippen LogP contribution in [0.4, 0.5) is 0 Å². The van der Waals surface area contributed by atoms with Crippen molar-refractivity contribution in [2.75, 3.05) is 19.8 Å². The second kappa shape index (κ2) is 3.33. The van der Waals surface area contributed by atoms with Gasteiger partial charge < -0.3 is 4.90 Å². The molecular weight excluding hydrogens is 106 g/mol. The van der Waals surface area contributed by atoms with Crippen molar-refractivity contribution in [1.29, 1.82) is 0 Å². The highest BCUT2D eigenvalue weighted by molar-refractivity contribution is 7.80. The van der Waals surface area contributed by atoms with Crippen LogP contribution in [-0.2, 0) is 0 Å². The minimum Gasteiger partial charge on any atom is -0.306 e. The topological polar surface area (TPSA) is 3.24 Å². The molecule has 0 aliphatic heterocycles. The van der Waals surface area contributed by atoms with Crippen LogP contribution >= 0.6 is 12.6 Å². The molecule has 0 aromatic rings. The quantitative estimate of drug-likeness (QED) is 0.525. The fraction of sp³-hybridized carbons (Fsp3) is 1.00. The van der Waals surface area contributed by atoms with Crippen LogP contribution in [0.2, 0.25) is 0 Å². The van der Waals surface area contributed by atoms with Gasteiger partial charge in [0.25, 0.3) is 0 Å². The van der Waals surface area contributed by atoms with Crippen molar-refractivity contribution < 1.29 is 0 Å². The number of rotatable bonds is 2. The maximum atomic E-state index is 4.81. The zero-order valence-corrected chi connectivity index (χ0v) is 5.96. The highest BCUT2D eigenvalue weighted by Crippen LogP contribution is 1.91. The van der Waals surface area contributed by atoms with Gasteiger partial charge in [0, 0.05) is 11.8 Å². The molecule has 0 aromatic carbocycles. The van der Waals surface area contributed by atoms with Crippen LogP contribution in [0.1, 0.15) is 6.92 Å². The van der Waals surface area contributed by atoms with E-state index >= 15 is 0 Å². The van der Waals surface area contributed by atoms with Crippen molar-refractivity contribution in [2.45, 2.75) is 13.0 Å². The van der Waals surface area contributed by atoms with Crippen molar-refractivity contribution in [2.24, 2.45) is 0 Å². The summed E-state index contributed by atoms with van der Waals surface area (Å²) >= 11 is 4.81. The maximum Gasteiger partial charge on any atom is 0.0190 e. The summed E-state index contributed by atoms with van der Waals surface area (Å²) in [6.45, 7) is 2.12.